The van der Waals surface area contributed by atoms with E-state index in [0.717, 1.165) is 18.7 Å². The quantitative estimate of drug-likeness (QED) is 0.835. The van der Waals surface area contributed by atoms with Gasteiger partial charge in [0.05, 0.1) is 11.8 Å². The first-order valence-electron chi connectivity index (χ1n) is 6.02. The third-order valence-electron chi connectivity index (χ3n) is 3.01. The summed E-state index contributed by atoms with van der Waals surface area (Å²) in [7, 11) is 0. The second-order valence-corrected chi connectivity index (χ2v) is 4.63. The Kier molecular flexibility index (Phi) is 3.15. The second-order valence-electron chi connectivity index (χ2n) is 4.29. The lowest BCUT2D eigenvalue weighted by atomic mass is 10.1. The first-order valence-corrected chi connectivity index (χ1v) is 6.40. The van der Waals surface area contributed by atoms with Crippen LogP contribution in [-0.2, 0) is 0 Å². The molecule has 1 saturated heterocycles. The van der Waals surface area contributed by atoms with Gasteiger partial charge in [-0.2, -0.15) is 15.0 Å². The van der Waals surface area contributed by atoms with E-state index in [1.54, 1.807) is 12.5 Å². The Morgan fingerprint density at radius 2 is 1.94 bits per heavy atom. The van der Waals surface area contributed by atoms with Crippen LogP contribution in [0.25, 0.3) is 11.4 Å². The van der Waals surface area contributed by atoms with Crippen molar-refractivity contribution >= 4 is 17.5 Å². The number of rotatable bonds is 2. The number of halogens is 1. The molecule has 0 amide bonds. The van der Waals surface area contributed by atoms with Crippen LogP contribution < -0.4 is 4.90 Å². The third kappa shape index (κ3) is 2.31. The van der Waals surface area contributed by atoms with Gasteiger partial charge >= 0.3 is 0 Å². The Balaban J connectivity index is 1.95. The molecule has 0 atom stereocenters. The molecule has 0 N–H and O–H groups in total. The van der Waals surface area contributed by atoms with Crippen LogP contribution in [0.4, 0.5) is 5.95 Å². The first-order chi connectivity index (χ1) is 8.83. The normalized spacial score (nSPS) is 15.9. The Morgan fingerprint density at radius 1 is 1.11 bits per heavy atom. The summed E-state index contributed by atoms with van der Waals surface area (Å²) >= 11 is 5.97. The van der Waals surface area contributed by atoms with Crippen molar-refractivity contribution in [2.24, 2.45) is 0 Å². The van der Waals surface area contributed by atoms with Crippen molar-refractivity contribution in [2.45, 2.75) is 19.3 Å². The number of hydrogen-bond acceptors (Lipinski definition) is 5. The van der Waals surface area contributed by atoms with Gasteiger partial charge in [-0.25, -0.2) is 0 Å². The average Bonchev–Trinajstić information content (AvgIpc) is 2.93. The summed E-state index contributed by atoms with van der Waals surface area (Å²) in [5, 5.41) is 0.224. The fourth-order valence-corrected chi connectivity index (χ4v) is 2.25. The monoisotopic (exact) mass is 264 g/mol. The van der Waals surface area contributed by atoms with Gasteiger partial charge in [-0.15, -0.1) is 0 Å². The maximum atomic E-state index is 5.97. The average molecular weight is 265 g/mol. The van der Waals surface area contributed by atoms with Crippen molar-refractivity contribution < 1.29 is 4.42 Å². The van der Waals surface area contributed by atoms with Gasteiger partial charge in [-0.1, -0.05) is 0 Å². The molecule has 0 aromatic carbocycles. The molecule has 18 heavy (non-hydrogen) atoms. The molecule has 0 radical (unpaired) electrons. The van der Waals surface area contributed by atoms with Crippen LogP contribution in [0, 0.1) is 0 Å². The SMILES string of the molecule is Clc1nc(-c2ccoc2)nc(N2CCCCC2)n1. The van der Waals surface area contributed by atoms with E-state index in [0.29, 0.717) is 11.8 Å². The largest absolute Gasteiger partial charge is 0.472 e. The summed E-state index contributed by atoms with van der Waals surface area (Å²) in [5.74, 6) is 1.22. The van der Waals surface area contributed by atoms with Crippen LogP contribution in [-0.4, -0.2) is 28.0 Å². The zero-order valence-corrected chi connectivity index (χ0v) is 10.6. The fraction of sp³-hybridized carbons (Fsp3) is 0.417. The van der Waals surface area contributed by atoms with E-state index in [1.165, 1.54) is 19.3 Å². The molecule has 1 aliphatic rings. The minimum atomic E-state index is 0.224. The van der Waals surface area contributed by atoms with Gasteiger partial charge in [0, 0.05) is 13.1 Å². The summed E-state index contributed by atoms with van der Waals surface area (Å²) in [6, 6.07) is 1.81. The Bertz CT molecular complexity index is 523. The lowest BCUT2D eigenvalue weighted by Gasteiger charge is -2.26. The standard InChI is InChI=1S/C12H13ClN4O/c13-11-14-10(9-4-7-18-8-9)15-12(16-11)17-5-2-1-3-6-17/h4,7-8H,1-3,5-6H2. The van der Waals surface area contributed by atoms with Gasteiger partial charge in [-0.05, 0) is 36.9 Å². The highest BCUT2D eigenvalue weighted by molar-refractivity contribution is 6.28. The van der Waals surface area contributed by atoms with Crippen LogP contribution in [0.15, 0.2) is 23.0 Å². The molecule has 1 aliphatic heterocycles. The lowest BCUT2D eigenvalue weighted by molar-refractivity contribution is 0.566. The number of hydrogen-bond donors (Lipinski definition) is 0. The highest BCUT2D eigenvalue weighted by Gasteiger charge is 2.16. The van der Waals surface area contributed by atoms with Gasteiger partial charge in [0.25, 0.3) is 0 Å². The molecule has 2 aromatic rings. The van der Waals surface area contributed by atoms with Gasteiger partial charge < -0.3 is 9.32 Å². The molecule has 94 valence electrons. The molecule has 1 fully saturated rings. The number of anilines is 1. The molecule has 2 aromatic heterocycles. The number of nitrogens with zero attached hydrogens (tertiary/aromatic N) is 4. The summed E-state index contributed by atoms with van der Waals surface area (Å²) in [5.41, 5.74) is 0.817. The molecule has 3 heterocycles. The highest BCUT2D eigenvalue weighted by Crippen LogP contribution is 2.22. The van der Waals surface area contributed by atoms with Crippen molar-refractivity contribution in [3.05, 3.63) is 23.9 Å². The zero-order chi connectivity index (χ0) is 12.4. The predicted octanol–water partition coefficient (Wildman–Crippen LogP) is 2.78. The Hall–Kier alpha value is -1.62. The second kappa shape index (κ2) is 4.94. The zero-order valence-electron chi connectivity index (χ0n) is 9.84. The van der Waals surface area contributed by atoms with E-state index >= 15 is 0 Å². The first kappa shape index (κ1) is 11.5. The Morgan fingerprint density at radius 3 is 2.67 bits per heavy atom. The van der Waals surface area contributed by atoms with E-state index in [2.05, 4.69) is 19.9 Å². The molecule has 0 saturated carbocycles. The maximum Gasteiger partial charge on any atom is 0.230 e. The van der Waals surface area contributed by atoms with Crippen molar-refractivity contribution in [1.29, 1.82) is 0 Å². The smallest absolute Gasteiger partial charge is 0.230 e. The highest BCUT2D eigenvalue weighted by atomic mass is 35.5. The van der Waals surface area contributed by atoms with Crippen LogP contribution in [0.2, 0.25) is 5.28 Å². The molecule has 0 spiro atoms. The fourth-order valence-electron chi connectivity index (χ4n) is 2.10. The topological polar surface area (TPSA) is 55.1 Å². The number of piperidine rings is 1. The van der Waals surface area contributed by atoms with E-state index in [4.69, 9.17) is 16.0 Å². The molecular weight excluding hydrogens is 252 g/mol. The summed E-state index contributed by atoms with van der Waals surface area (Å²) < 4.78 is 5.04. The van der Waals surface area contributed by atoms with Gasteiger partial charge in [0.2, 0.25) is 11.2 Å². The van der Waals surface area contributed by atoms with Crippen molar-refractivity contribution in [1.82, 2.24) is 15.0 Å². The Labute approximate surface area is 110 Å². The molecular formula is C12H13ClN4O. The van der Waals surface area contributed by atoms with Crippen molar-refractivity contribution in [3.8, 4) is 11.4 Å². The van der Waals surface area contributed by atoms with Gasteiger partial charge in [0.1, 0.15) is 6.26 Å². The summed E-state index contributed by atoms with van der Waals surface area (Å²) in [6.45, 7) is 1.95. The van der Waals surface area contributed by atoms with Crippen molar-refractivity contribution in [2.75, 3.05) is 18.0 Å². The van der Waals surface area contributed by atoms with E-state index in [-0.39, 0.29) is 5.28 Å². The van der Waals surface area contributed by atoms with E-state index < -0.39 is 0 Å². The van der Waals surface area contributed by atoms with Crippen LogP contribution in [0.5, 0.6) is 0 Å². The molecule has 0 unspecified atom stereocenters. The van der Waals surface area contributed by atoms with Gasteiger partial charge in [-0.3, -0.25) is 0 Å². The number of aromatic nitrogens is 3. The van der Waals surface area contributed by atoms with Crippen LogP contribution in [0.1, 0.15) is 19.3 Å². The van der Waals surface area contributed by atoms with E-state index in [9.17, 15) is 0 Å². The summed E-state index contributed by atoms with van der Waals surface area (Å²) in [4.78, 5) is 14.9. The van der Waals surface area contributed by atoms with Crippen LogP contribution >= 0.6 is 11.6 Å². The van der Waals surface area contributed by atoms with Gasteiger partial charge in [0.15, 0.2) is 5.82 Å². The predicted molar refractivity (Wildman–Crippen MR) is 68.6 cm³/mol. The molecule has 0 bridgehead atoms. The molecule has 3 rings (SSSR count). The van der Waals surface area contributed by atoms with E-state index in [1.807, 2.05) is 6.07 Å². The maximum absolute atomic E-state index is 5.97. The number of furan rings is 1. The third-order valence-corrected chi connectivity index (χ3v) is 3.18. The van der Waals surface area contributed by atoms with Crippen LogP contribution in [0.3, 0.4) is 0 Å². The minimum Gasteiger partial charge on any atom is -0.472 e. The molecule has 0 aliphatic carbocycles. The van der Waals surface area contributed by atoms with Crippen molar-refractivity contribution in [3.63, 3.8) is 0 Å². The molecule has 6 heteroatoms. The molecule has 5 nitrogen and oxygen atoms in total. The summed E-state index contributed by atoms with van der Waals surface area (Å²) in [6.07, 6.45) is 6.80. The lowest BCUT2D eigenvalue weighted by Crippen LogP contribution is -2.31. The minimum absolute atomic E-state index is 0.224.